The van der Waals surface area contributed by atoms with Gasteiger partial charge >= 0.3 is 5.97 Å². The van der Waals surface area contributed by atoms with Crippen LogP contribution in [0.3, 0.4) is 0 Å². The van der Waals surface area contributed by atoms with Crippen molar-refractivity contribution in [1.29, 1.82) is 0 Å². The monoisotopic (exact) mass is 585 g/mol. The highest BCUT2D eigenvalue weighted by Crippen LogP contribution is 2.47. The summed E-state index contributed by atoms with van der Waals surface area (Å²) in [5.74, 6) is 0.616. The number of imidazole rings is 1. The molecule has 42 heavy (non-hydrogen) atoms. The highest BCUT2D eigenvalue weighted by molar-refractivity contribution is 5.79. The first-order valence-electron chi connectivity index (χ1n) is 15.1. The molecule has 232 valence electrons. The number of hydrogen-bond donors (Lipinski definition) is 1. The van der Waals surface area contributed by atoms with E-state index in [0.29, 0.717) is 49.7 Å². The van der Waals surface area contributed by atoms with Gasteiger partial charge in [0.15, 0.2) is 11.5 Å². The first-order chi connectivity index (χ1) is 20.2. The zero-order valence-corrected chi connectivity index (χ0v) is 25.8. The maximum Gasteiger partial charge on any atom is 0.308 e. The van der Waals surface area contributed by atoms with Gasteiger partial charge in [0.1, 0.15) is 5.82 Å². The molecule has 3 heterocycles. The maximum atomic E-state index is 13.8. The van der Waals surface area contributed by atoms with Crippen LogP contribution in [0.15, 0.2) is 24.5 Å². The predicted molar refractivity (Wildman–Crippen MR) is 159 cm³/mol. The molecule has 0 bridgehead atoms. The summed E-state index contributed by atoms with van der Waals surface area (Å²) >= 11 is 0. The SMILES string of the molecule is CCCCN(CCCCN(C)C)C(=O)CN1C[C@H](c2cc(OC)c3c(c2)OCO3)[C@@H](C(=O)O)[C@@H]1CCc1nccn1C. The van der Waals surface area contributed by atoms with Gasteiger partial charge < -0.3 is 33.7 Å². The largest absolute Gasteiger partial charge is 0.493 e. The van der Waals surface area contributed by atoms with Gasteiger partial charge in [0.05, 0.1) is 19.6 Å². The predicted octanol–water partition coefficient (Wildman–Crippen LogP) is 3.23. The van der Waals surface area contributed by atoms with Gasteiger partial charge in [-0.1, -0.05) is 13.3 Å². The van der Waals surface area contributed by atoms with Crippen molar-refractivity contribution >= 4 is 11.9 Å². The number of methoxy groups -OCH3 is 1. The van der Waals surface area contributed by atoms with E-state index in [-0.39, 0.29) is 31.2 Å². The van der Waals surface area contributed by atoms with Gasteiger partial charge in [-0.15, -0.1) is 0 Å². The van der Waals surface area contributed by atoms with Crippen LogP contribution in [0.4, 0.5) is 0 Å². The van der Waals surface area contributed by atoms with Crippen molar-refractivity contribution in [3.8, 4) is 17.2 Å². The number of carbonyl (C=O) groups excluding carboxylic acids is 1. The Hall–Kier alpha value is -3.31. The summed E-state index contributed by atoms with van der Waals surface area (Å²) in [5, 5.41) is 10.6. The van der Waals surface area contributed by atoms with E-state index in [1.165, 1.54) is 0 Å². The summed E-state index contributed by atoms with van der Waals surface area (Å²) in [6, 6.07) is 3.38. The van der Waals surface area contributed by atoms with E-state index in [0.717, 1.165) is 43.6 Å². The van der Waals surface area contributed by atoms with E-state index in [4.69, 9.17) is 14.2 Å². The molecule has 2 aromatic rings. The Kier molecular flexibility index (Phi) is 11.1. The fourth-order valence-electron chi connectivity index (χ4n) is 6.18. The molecule has 2 aliphatic heterocycles. The number of aryl methyl sites for hydroxylation is 2. The van der Waals surface area contributed by atoms with Gasteiger partial charge in [0.2, 0.25) is 18.4 Å². The summed E-state index contributed by atoms with van der Waals surface area (Å²) < 4.78 is 18.8. The first kappa shape index (κ1) is 31.6. The van der Waals surface area contributed by atoms with Crippen molar-refractivity contribution < 1.29 is 28.9 Å². The van der Waals surface area contributed by atoms with Crippen molar-refractivity contribution in [1.82, 2.24) is 24.3 Å². The van der Waals surface area contributed by atoms with Crippen molar-refractivity contribution in [3.05, 3.63) is 35.9 Å². The second-order valence-electron chi connectivity index (χ2n) is 11.7. The van der Waals surface area contributed by atoms with E-state index in [1.807, 2.05) is 34.8 Å². The summed E-state index contributed by atoms with van der Waals surface area (Å²) in [6.07, 6.45) is 8.75. The zero-order chi connectivity index (χ0) is 30.2. The molecule has 0 spiro atoms. The third-order valence-electron chi connectivity index (χ3n) is 8.48. The highest BCUT2D eigenvalue weighted by Gasteiger charge is 2.47. The number of likely N-dealkylation sites (tertiary alicyclic amines) is 1. The average molecular weight is 586 g/mol. The van der Waals surface area contributed by atoms with Gasteiger partial charge in [-0.3, -0.25) is 14.5 Å². The molecule has 1 N–H and O–H groups in total. The minimum atomic E-state index is -0.872. The molecule has 1 saturated heterocycles. The number of nitrogens with zero attached hydrogens (tertiary/aromatic N) is 5. The van der Waals surface area contributed by atoms with E-state index in [9.17, 15) is 14.7 Å². The number of aliphatic carboxylic acids is 1. The van der Waals surface area contributed by atoms with Crippen LogP contribution in [-0.2, 0) is 23.1 Å². The number of carbonyl (C=O) groups is 2. The van der Waals surface area contributed by atoms with Gasteiger partial charge in [-0.05, 0) is 64.0 Å². The number of amides is 1. The second-order valence-corrected chi connectivity index (χ2v) is 11.7. The number of carboxylic acids is 1. The number of benzene rings is 1. The molecule has 0 unspecified atom stereocenters. The van der Waals surface area contributed by atoms with Crippen LogP contribution in [0.1, 0.15) is 56.3 Å². The summed E-state index contributed by atoms with van der Waals surface area (Å²) in [6.45, 7) is 5.27. The third-order valence-corrected chi connectivity index (χ3v) is 8.48. The van der Waals surface area contributed by atoms with Gasteiger partial charge in [0, 0.05) is 57.5 Å². The molecule has 1 fully saturated rings. The van der Waals surface area contributed by atoms with Crippen LogP contribution >= 0.6 is 0 Å². The van der Waals surface area contributed by atoms with Crippen LogP contribution in [0, 0.1) is 5.92 Å². The number of ether oxygens (including phenoxy) is 3. The fraction of sp³-hybridized carbons (Fsp3) is 0.645. The molecule has 1 amide bonds. The summed E-state index contributed by atoms with van der Waals surface area (Å²) in [5.41, 5.74) is 0.812. The maximum absolute atomic E-state index is 13.8. The van der Waals surface area contributed by atoms with Crippen LogP contribution in [-0.4, -0.2) is 108 Å². The minimum Gasteiger partial charge on any atom is -0.493 e. The lowest BCUT2D eigenvalue weighted by molar-refractivity contribution is -0.143. The van der Waals surface area contributed by atoms with Crippen LogP contribution in [0.5, 0.6) is 17.2 Å². The number of hydrogen-bond acceptors (Lipinski definition) is 8. The van der Waals surface area contributed by atoms with E-state index in [2.05, 4.69) is 35.8 Å². The first-order valence-corrected chi connectivity index (χ1v) is 15.1. The van der Waals surface area contributed by atoms with Crippen LogP contribution in [0.2, 0.25) is 0 Å². The lowest BCUT2D eigenvalue weighted by atomic mass is 9.83. The van der Waals surface area contributed by atoms with Crippen molar-refractivity contribution in [3.63, 3.8) is 0 Å². The van der Waals surface area contributed by atoms with Crippen molar-refractivity contribution in [2.24, 2.45) is 13.0 Å². The Morgan fingerprint density at radius 3 is 2.57 bits per heavy atom. The Labute approximate surface area is 249 Å². The topological polar surface area (TPSA) is 110 Å². The number of unbranched alkanes of at least 4 members (excludes halogenated alkanes) is 2. The summed E-state index contributed by atoms with van der Waals surface area (Å²) in [7, 11) is 7.62. The lowest BCUT2D eigenvalue weighted by Crippen LogP contribution is -2.45. The molecular weight excluding hydrogens is 538 g/mol. The van der Waals surface area contributed by atoms with E-state index < -0.39 is 11.9 Å². The highest BCUT2D eigenvalue weighted by atomic mass is 16.7. The molecular formula is C31H47N5O6. The molecule has 1 aromatic carbocycles. The van der Waals surface area contributed by atoms with Gasteiger partial charge in [-0.2, -0.15) is 0 Å². The quantitative estimate of drug-likeness (QED) is 0.297. The Bertz CT molecular complexity index is 1200. The number of aromatic nitrogens is 2. The zero-order valence-electron chi connectivity index (χ0n) is 25.8. The number of carboxylic acid groups (broad SMARTS) is 1. The van der Waals surface area contributed by atoms with E-state index >= 15 is 0 Å². The standard InChI is InChI=1S/C31H47N5O6/c1-6-7-14-35(15-9-8-13-33(2)3)28(37)20-36-19-23(22-17-25(40-5)30-26(18-22)41-21-42-30)29(31(38)39)24(36)10-11-27-32-12-16-34(27)4/h12,16-18,23-24,29H,6-11,13-15,19-21H2,1-5H3,(H,38,39)/t23-,24+,29-/m1/s1. The molecule has 11 nitrogen and oxygen atoms in total. The minimum absolute atomic E-state index is 0.0587. The normalized spacial score (nSPS) is 19.9. The third kappa shape index (κ3) is 7.55. The number of fused-ring (bicyclic) bond motifs is 1. The van der Waals surface area contributed by atoms with Crippen molar-refractivity contribution in [2.75, 3.05) is 60.7 Å². The van der Waals surface area contributed by atoms with E-state index in [1.54, 1.807) is 13.3 Å². The van der Waals surface area contributed by atoms with Crippen molar-refractivity contribution in [2.45, 2.75) is 57.4 Å². The lowest BCUT2D eigenvalue weighted by Gasteiger charge is -2.30. The fourth-order valence-corrected chi connectivity index (χ4v) is 6.18. The molecule has 4 rings (SSSR count). The average Bonchev–Trinajstić information content (AvgIpc) is 3.69. The molecule has 1 aromatic heterocycles. The molecule has 2 aliphatic rings. The molecule has 3 atom stereocenters. The van der Waals surface area contributed by atoms with Crippen LogP contribution in [0.25, 0.3) is 0 Å². The summed E-state index contributed by atoms with van der Waals surface area (Å²) in [4.78, 5) is 37.4. The second kappa shape index (κ2) is 14.7. The molecule has 0 aliphatic carbocycles. The van der Waals surface area contributed by atoms with Gasteiger partial charge in [0.25, 0.3) is 0 Å². The molecule has 11 heteroatoms. The molecule has 0 radical (unpaired) electrons. The number of rotatable bonds is 16. The Morgan fingerprint density at radius 1 is 1.14 bits per heavy atom. The van der Waals surface area contributed by atoms with Crippen LogP contribution < -0.4 is 14.2 Å². The smallest absolute Gasteiger partial charge is 0.308 e. The molecule has 0 saturated carbocycles. The Morgan fingerprint density at radius 2 is 1.90 bits per heavy atom. The Balaban J connectivity index is 1.59. The van der Waals surface area contributed by atoms with Gasteiger partial charge in [-0.25, -0.2) is 4.98 Å².